The third-order valence-electron chi connectivity index (χ3n) is 4.80. The molecule has 3 amide bonds. The van der Waals surface area contributed by atoms with Gasteiger partial charge >= 0.3 is 6.03 Å². The molecule has 0 bridgehead atoms. The summed E-state index contributed by atoms with van der Waals surface area (Å²) in [4.78, 5) is 27.5. The van der Waals surface area contributed by atoms with Gasteiger partial charge in [-0.3, -0.25) is 4.79 Å². The average Bonchev–Trinajstić information content (AvgIpc) is 2.49. The maximum absolute atomic E-state index is 12.5. The topological polar surface area (TPSA) is 52.7 Å². The molecule has 1 atom stereocenters. The Morgan fingerprint density at radius 1 is 1.09 bits per heavy atom. The monoisotopic (exact) mass is 335 g/mol. The number of carbonyl (C=O) groups excluding carboxylic acids is 2. The fourth-order valence-corrected chi connectivity index (χ4v) is 3.38. The molecule has 124 valence electrons. The van der Waals surface area contributed by atoms with Crippen LogP contribution in [0.2, 0.25) is 5.02 Å². The van der Waals surface area contributed by atoms with Gasteiger partial charge in [0.15, 0.2) is 0 Å². The van der Waals surface area contributed by atoms with Gasteiger partial charge in [-0.2, -0.15) is 0 Å². The molecule has 2 aliphatic heterocycles. The zero-order chi connectivity index (χ0) is 16.4. The predicted molar refractivity (Wildman–Crippen MR) is 89.3 cm³/mol. The minimum Gasteiger partial charge on any atom is -0.343 e. The summed E-state index contributed by atoms with van der Waals surface area (Å²) in [6.45, 7) is 3.82. The molecule has 23 heavy (non-hydrogen) atoms. The minimum absolute atomic E-state index is 0.00234. The van der Waals surface area contributed by atoms with E-state index in [1.165, 1.54) is 0 Å². The molecule has 0 spiro atoms. The van der Waals surface area contributed by atoms with Crippen LogP contribution < -0.4 is 5.32 Å². The van der Waals surface area contributed by atoms with E-state index in [2.05, 4.69) is 5.32 Å². The molecule has 1 unspecified atom stereocenters. The summed E-state index contributed by atoms with van der Waals surface area (Å²) in [7, 11) is 0. The highest BCUT2D eigenvalue weighted by Crippen LogP contribution is 2.33. The highest BCUT2D eigenvalue weighted by Gasteiger charge is 2.34. The second-order valence-corrected chi connectivity index (χ2v) is 6.72. The molecular weight excluding hydrogens is 314 g/mol. The first kappa shape index (κ1) is 16.1. The Labute approximate surface area is 141 Å². The molecule has 1 aromatic carbocycles. The standard InChI is InChI=1S/C17H22ClN3O2/c1-12(22)20-9-6-15(7-10-20)19-17(23)21-11-8-16(21)13-2-4-14(18)5-3-13/h2-5,15-16H,6-11H2,1H3,(H,19,23). The number of hydrogen-bond donors (Lipinski definition) is 1. The number of halogens is 1. The number of nitrogens with one attached hydrogen (secondary N) is 1. The number of rotatable bonds is 2. The molecule has 6 heteroatoms. The van der Waals surface area contributed by atoms with Crippen LogP contribution in [0.1, 0.15) is 37.8 Å². The highest BCUT2D eigenvalue weighted by atomic mass is 35.5. The largest absolute Gasteiger partial charge is 0.343 e. The van der Waals surface area contributed by atoms with Crippen LogP contribution >= 0.6 is 11.6 Å². The second-order valence-electron chi connectivity index (χ2n) is 6.28. The van der Waals surface area contributed by atoms with Gasteiger partial charge < -0.3 is 15.1 Å². The summed E-state index contributed by atoms with van der Waals surface area (Å²) in [5.41, 5.74) is 1.13. The van der Waals surface area contributed by atoms with Crippen molar-refractivity contribution >= 4 is 23.5 Å². The first-order chi connectivity index (χ1) is 11.0. The Morgan fingerprint density at radius 3 is 2.26 bits per heavy atom. The molecule has 1 N–H and O–H groups in total. The van der Waals surface area contributed by atoms with E-state index in [1.807, 2.05) is 34.1 Å². The fraction of sp³-hybridized carbons (Fsp3) is 0.529. The molecule has 2 aliphatic rings. The summed E-state index contributed by atoms with van der Waals surface area (Å²) in [5.74, 6) is 0.111. The van der Waals surface area contributed by atoms with Gasteiger partial charge in [0, 0.05) is 37.6 Å². The Kier molecular flexibility index (Phi) is 4.76. The van der Waals surface area contributed by atoms with Gasteiger partial charge in [0.25, 0.3) is 0 Å². The summed E-state index contributed by atoms with van der Waals surface area (Å²) in [6.07, 6.45) is 2.63. The van der Waals surface area contributed by atoms with Crippen molar-refractivity contribution in [2.24, 2.45) is 0 Å². The van der Waals surface area contributed by atoms with Gasteiger partial charge in [-0.25, -0.2) is 4.79 Å². The number of benzene rings is 1. The van der Waals surface area contributed by atoms with Crippen LogP contribution in [-0.2, 0) is 4.79 Å². The van der Waals surface area contributed by atoms with Crippen LogP contribution in [0.25, 0.3) is 0 Å². The Bertz CT molecular complexity index is 582. The Morgan fingerprint density at radius 2 is 1.74 bits per heavy atom. The molecule has 2 heterocycles. The summed E-state index contributed by atoms with van der Waals surface area (Å²) < 4.78 is 0. The van der Waals surface area contributed by atoms with Gasteiger partial charge in [0.05, 0.1) is 6.04 Å². The Hall–Kier alpha value is -1.75. The van der Waals surface area contributed by atoms with E-state index >= 15 is 0 Å². The zero-order valence-corrected chi connectivity index (χ0v) is 14.1. The third kappa shape index (κ3) is 3.61. The van der Waals surface area contributed by atoms with Gasteiger partial charge in [0.1, 0.15) is 0 Å². The lowest BCUT2D eigenvalue weighted by molar-refractivity contribution is -0.129. The quantitative estimate of drug-likeness (QED) is 0.903. The number of nitrogens with zero attached hydrogens (tertiary/aromatic N) is 2. The van der Waals surface area contributed by atoms with Crippen LogP contribution in [0.3, 0.4) is 0 Å². The van der Waals surface area contributed by atoms with Crippen LogP contribution in [0.4, 0.5) is 4.79 Å². The smallest absolute Gasteiger partial charge is 0.318 e. The molecule has 2 saturated heterocycles. The lowest BCUT2D eigenvalue weighted by Crippen LogP contribution is -2.54. The lowest BCUT2D eigenvalue weighted by Gasteiger charge is -2.42. The van der Waals surface area contributed by atoms with E-state index in [-0.39, 0.29) is 24.0 Å². The van der Waals surface area contributed by atoms with Crippen molar-refractivity contribution in [1.82, 2.24) is 15.1 Å². The number of likely N-dealkylation sites (tertiary alicyclic amines) is 2. The zero-order valence-electron chi connectivity index (χ0n) is 13.3. The maximum Gasteiger partial charge on any atom is 0.318 e. The number of urea groups is 1. The number of amides is 3. The van der Waals surface area contributed by atoms with Crippen molar-refractivity contribution in [3.8, 4) is 0 Å². The summed E-state index contributed by atoms with van der Waals surface area (Å²) >= 11 is 5.92. The predicted octanol–water partition coefficient (Wildman–Crippen LogP) is 2.81. The van der Waals surface area contributed by atoms with E-state index < -0.39 is 0 Å². The van der Waals surface area contributed by atoms with Gasteiger partial charge in [-0.1, -0.05) is 23.7 Å². The van der Waals surface area contributed by atoms with Crippen LogP contribution in [-0.4, -0.2) is 47.4 Å². The van der Waals surface area contributed by atoms with Crippen LogP contribution in [0.15, 0.2) is 24.3 Å². The maximum atomic E-state index is 12.5. The molecule has 3 rings (SSSR count). The van der Waals surface area contributed by atoms with Crippen LogP contribution in [0, 0.1) is 0 Å². The molecule has 1 aromatic rings. The van der Waals surface area contributed by atoms with E-state index in [9.17, 15) is 9.59 Å². The van der Waals surface area contributed by atoms with E-state index in [0.29, 0.717) is 5.02 Å². The number of hydrogen-bond acceptors (Lipinski definition) is 2. The lowest BCUT2D eigenvalue weighted by atomic mass is 9.95. The van der Waals surface area contributed by atoms with Crippen LogP contribution in [0.5, 0.6) is 0 Å². The molecule has 5 nitrogen and oxygen atoms in total. The SMILES string of the molecule is CC(=O)N1CCC(NC(=O)N2CCC2c2ccc(Cl)cc2)CC1. The molecule has 0 radical (unpaired) electrons. The fourth-order valence-electron chi connectivity index (χ4n) is 3.26. The number of piperidine rings is 1. The first-order valence-electron chi connectivity index (χ1n) is 8.12. The van der Waals surface area contributed by atoms with Crippen molar-refractivity contribution in [1.29, 1.82) is 0 Å². The molecule has 0 saturated carbocycles. The Balaban J connectivity index is 1.53. The van der Waals surface area contributed by atoms with Gasteiger partial charge in [-0.05, 0) is 37.0 Å². The minimum atomic E-state index is -0.00234. The van der Waals surface area contributed by atoms with Gasteiger partial charge in [0.2, 0.25) is 5.91 Å². The second kappa shape index (κ2) is 6.79. The van der Waals surface area contributed by atoms with E-state index in [1.54, 1.807) is 6.92 Å². The van der Waals surface area contributed by atoms with E-state index in [4.69, 9.17) is 11.6 Å². The highest BCUT2D eigenvalue weighted by molar-refractivity contribution is 6.30. The molecular formula is C17H22ClN3O2. The summed E-state index contributed by atoms with van der Waals surface area (Å²) in [5, 5.41) is 3.82. The van der Waals surface area contributed by atoms with Crippen molar-refractivity contribution < 1.29 is 9.59 Å². The van der Waals surface area contributed by atoms with E-state index in [0.717, 1.165) is 44.5 Å². The number of carbonyl (C=O) groups is 2. The average molecular weight is 336 g/mol. The third-order valence-corrected chi connectivity index (χ3v) is 5.06. The molecule has 0 aromatic heterocycles. The normalized spacial score (nSPS) is 21.7. The van der Waals surface area contributed by atoms with Crippen molar-refractivity contribution in [2.75, 3.05) is 19.6 Å². The summed E-state index contributed by atoms with van der Waals surface area (Å²) in [6, 6.07) is 7.99. The molecule has 0 aliphatic carbocycles. The van der Waals surface area contributed by atoms with Crippen molar-refractivity contribution in [2.45, 2.75) is 38.3 Å². The first-order valence-corrected chi connectivity index (χ1v) is 8.50. The van der Waals surface area contributed by atoms with Crippen molar-refractivity contribution in [3.63, 3.8) is 0 Å². The van der Waals surface area contributed by atoms with Crippen molar-refractivity contribution in [3.05, 3.63) is 34.9 Å². The molecule has 2 fully saturated rings. The van der Waals surface area contributed by atoms with Gasteiger partial charge in [-0.15, -0.1) is 0 Å².